The van der Waals surface area contributed by atoms with Crippen LogP contribution >= 0.6 is 0 Å². The lowest BCUT2D eigenvalue weighted by atomic mass is 10.2. The molecule has 3 heterocycles. The molecule has 0 N–H and O–H groups in total. The van der Waals surface area contributed by atoms with E-state index in [9.17, 15) is 0 Å². The molecule has 0 saturated carbocycles. The van der Waals surface area contributed by atoms with Gasteiger partial charge in [0.05, 0.1) is 31.7 Å². The largest absolute Gasteiger partial charge is 0.497 e. The fourth-order valence-corrected chi connectivity index (χ4v) is 4.06. The number of rotatable bonds is 6. The van der Waals surface area contributed by atoms with Crippen molar-refractivity contribution in [3.63, 3.8) is 0 Å². The molecule has 146 valence electrons. The highest BCUT2D eigenvalue weighted by molar-refractivity contribution is 5.32. The first-order valence-electron chi connectivity index (χ1n) is 9.88. The summed E-state index contributed by atoms with van der Waals surface area (Å²) in [7, 11) is 1.72. The molecular formula is C21H30N4O2. The van der Waals surface area contributed by atoms with Gasteiger partial charge >= 0.3 is 0 Å². The first kappa shape index (κ1) is 18.5. The smallest absolute Gasteiger partial charge is 0.119 e. The van der Waals surface area contributed by atoms with Crippen molar-refractivity contribution in [2.75, 3.05) is 33.4 Å². The van der Waals surface area contributed by atoms with Crippen LogP contribution in [0.2, 0.25) is 0 Å². The van der Waals surface area contributed by atoms with Gasteiger partial charge in [-0.15, -0.1) is 0 Å². The number of ether oxygens (including phenoxy) is 2. The van der Waals surface area contributed by atoms with E-state index in [1.165, 1.54) is 22.5 Å². The Morgan fingerprint density at radius 3 is 2.67 bits per heavy atom. The Morgan fingerprint density at radius 1 is 1.11 bits per heavy atom. The molecule has 0 spiro atoms. The highest BCUT2D eigenvalue weighted by Gasteiger charge is 2.29. The van der Waals surface area contributed by atoms with E-state index in [0.717, 1.165) is 58.2 Å². The van der Waals surface area contributed by atoms with Gasteiger partial charge in [-0.1, -0.05) is 12.1 Å². The van der Waals surface area contributed by atoms with Crippen LogP contribution in [-0.2, 0) is 30.9 Å². The maximum Gasteiger partial charge on any atom is 0.119 e. The van der Waals surface area contributed by atoms with Crippen LogP contribution in [0.5, 0.6) is 5.75 Å². The van der Waals surface area contributed by atoms with E-state index in [4.69, 9.17) is 14.6 Å². The number of hydrogen-bond donors (Lipinski definition) is 0. The molecule has 0 radical (unpaired) electrons. The van der Waals surface area contributed by atoms with Crippen LogP contribution in [0.25, 0.3) is 0 Å². The third-order valence-corrected chi connectivity index (χ3v) is 5.46. The molecule has 1 aromatic heterocycles. The molecule has 0 aliphatic carbocycles. The number of nitrogens with zero attached hydrogens (tertiary/aromatic N) is 4. The Morgan fingerprint density at radius 2 is 1.93 bits per heavy atom. The van der Waals surface area contributed by atoms with E-state index in [0.29, 0.717) is 6.04 Å². The molecule has 1 aromatic carbocycles. The summed E-state index contributed by atoms with van der Waals surface area (Å²) in [5.74, 6) is 0.922. The lowest BCUT2D eigenvalue weighted by molar-refractivity contribution is 0.0333. The van der Waals surface area contributed by atoms with Crippen molar-refractivity contribution in [2.24, 2.45) is 0 Å². The van der Waals surface area contributed by atoms with Crippen molar-refractivity contribution < 1.29 is 9.47 Å². The molecule has 27 heavy (non-hydrogen) atoms. The van der Waals surface area contributed by atoms with Gasteiger partial charge < -0.3 is 9.47 Å². The number of methoxy groups -OCH3 is 1. The molecule has 1 fully saturated rings. The van der Waals surface area contributed by atoms with Gasteiger partial charge in [0.1, 0.15) is 5.75 Å². The molecule has 6 nitrogen and oxygen atoms in total. The minimum Gasteiger partial charge on any atom is -0.497 e. The maximum absolute atomic E-state index is 5.49. The Labute approximate surface area is 161 Å². The Hall–Kier alpha value is -1.89. The van der Waals surface area contributed by atoms with Crippen LogP contribution in [0.15, 0.2) is 24.3 Å². The van der Waals surface area contributed by atoms with Crippen LogP contribution < -0.4 is 4.74 Å². The van der Waals surface area contributed by atoms with E-state index in [1.54, 1.807) is 7.11 Å². The molecule has 2 aliphatic heterocycles. The van der Waals surface area contributed by atoms with Crippen LogP contribution in [0.4, 0.5) is 0 Å². The van der Waals surface area contributed by atoms with Crippen LogP contribution in [0, 0.1) is 0 Å². The minimum atomic E-state index is 0.383. The van der Waals surface area contributed by atoms with Gasteiger partial charge in [-0.2, -0.15) is 5.10 Å². The molecule has 0 amide bonds. The first-order chi connectivity index (χ1) is 13.1. The summed E-state index contributed by atoms with van der Waals surface area (Å²) < 4.78 is 13.1. The molecule has 4 rings (SSSR count). The quantitative estimate of drug-likeness (QED) is 0.782. The normalized spacial score (nSPS) is 18.2. The third-order valence-electron chi connectivity index (χ3n) is 5.46. The molecule has 0 bridgehead atoms. The van der Waals surface area contributed by atoms with E-state index in [-0.39, 0.29) is 0 Å². The molecule has 6 heteroatoms. The number of fused-ring (bicyclic) bond motifs is 1. The molecule has 0 unspecified atom stereocenters. The Bertz CT molecular complexity index is 780. The van der Waals surface area contributed by atoms with Crippen molar-refractivity contribution in [2.45, 2.75) is 46.1 Å². The van der Waals surface area contributed by atoms with Crippen molar-refractivity contribution in [3.8, 4) is 5.75 Å². The zero-order chi connectivity index (χ0) is 18.8. The van der Waals surface area contributed by atoms with Gasteiger partial charge in [-0.25, -0.2) is 0 Å². The van der Waals surface area contributed by atoms with Crippen LogP contribution in [0.3, 0.4) is 0 Å². The van der Waals surface area contributed by atoms with E-state index in [1.807, 2.05) is 6.07 Å². The van der Waals surface area contributed by atoms with Gasteiger partial charge in [0.15, 0.2) is 0 Å². The number of hydrogen-bond acceptors (Lipinski definition) is 5. The monoisotopic (exact) mass is 370 g/mol. The summed E-state index contributed by atoms with van der Waals surface area (Å²) >= 11 is 0. The van der Waals surface area contributed by atoms with Crippen LogP contribution in [0.1, 0.15) is 42.4 Å². The minimum absolute atomic E-state index is 0.383. The summed E-state index contributed by atoms with van der Waals surface area (Å²) in [6, 6.07) is 8.76. The van der Waals surface area contributed by atoms with E-state index in [2.05, 4.69) is 46.5 Å². The summed E-state index contributed by atoms with van der Waals surface area (Å²) in [6.07, 6.45) is 0. The molecule has 0 atom stereocenters. The molecule has 2 aromatic rings. The third kappa shape index (κ3) is 4.03. The fraction of sp³-hybridized carbons (Fsp3) is 0.571. The molecular weight excluding hydrogens is 340 g/mol. The summed E-state index contributed by atoms with van der Waals surface area (Å²) in [4.78, 5) is 4.96. The molecule has 2 aliphatic rings. The topological polar surface area (TPSA) is 42.8 Å². The van der Waals surface area contributed by atoms with Gasteiger partial charge in [0.2, 0.25) is 0 Å². The summed E-state index contributed by atoms with van der Waals surface area (Å²) in [5.41, 5.74) is 5.35. The number of benzene rings is 1. The Kier molecular flexibility index (Phi) is 5.48. The first-order valence-corrected chi connectivity index (χ1v) is 9.88. The van der Waals surface area contributed by atoms with E-state index < -0.39 is 0 Å². The SMILES string of the molecule is COc1cccc(CN2Cc3c(CN4CCOCC4)nn(C(C)C)c3C2)c1. The van der Waals surface area contributed by atoms with Crippen molar-refractivity contribution >= 4 is 0 Å². The van der Waals surface area contributed by atoms with Gasteiger partial charge in [-0.3, -0.25) is 14.5 Å². The molecule has 1 saturated heterocycles. The van der Waals surface area contributed by atoms with Gasteiger partial charge in [0.25, 0.3) is 0 Å². The van der Waals surface area contributed by atoms with Gasteiger partial charge in [0, 0.05) is 50.9 Å². The lowest BCUT2D eigenvalue weighted by Crippen LogP contribution is -2.36. The predicted molar refractivity (Wildman–Crippen MR) is 105 cm³/mol. The summed E-state index contributed by atoms with van der Waals surface area (Å²) in [6.45, 7) is 11.9. The Balaban J connectivity index is 1.51. The lowest BCUT2D eigenvalue weighted by Gasteiger charge is -2.26. The van der Waals surface area contributed by atoms with E-state index >= 15 is 0 Å². The van der Waals surface area contributed by atoms with Crippen molar-refractivity contribution in [1.82, 2.24) is 19.6 Å². The number of morpholine rings is 1. The van der Waals surface area contributed by atoms with Crippen molar-refractivity contribution in [1.29, 1.82) is 0 Å². The van der Waals surface area contributed by atoms with Crippen molar-refractivity contribution in [3.05, 3.63) is 46.8 Å². The number of aromatic nitrogens is 2. The zero-order valence-electron chi connectivity index (χ0n) is 16.6. The predicted octanol–water partition coefficient (Wildman–Crippen LogP) is 2.82. The van der Waals surface area contributed by atoms with Gasteiger partial charge in [-0.05, 0) is 31.5 Å². The highest BCUT2D eigenvalue weighted by atomic mass is 16.5. The second kappa shape index (κ2) is 8.00. The maximum atomic E-state index is 5.49. The average molecular weight is 370 g/mol. The second-order valence-corrected chi connectivity index (χ2v) is 7.80. The standard InChI is InChI=1S/C21H30N4O2/c1-16(2)25-21-15-24(12-17-5-4-6-18(11-17)26-3)13-19(21)20(22-25)14-23-7-9-27-10-8-23/h4-6,11,16H,7-10,12-15H2,1-3H3. The highest BCUT2D eigenvalue weighted by Crippen LogP contribution is 2.30. The summed E-state index contributed by atoms with van der Waals surface area (Å²) in [5, 5.41) is 4.98. The second-order valence-electron chi connectivity index (χ2n) is 7.80. The fourth-order valence-electron chi connectivity index (χ4n) is 4.06. The average Bonchev–Trinajstić information content (AvgIpc) is 3.22. The van der Waals surface area contributed by atoms with Crippen LogP contribution in [-0.4, -0.2) is 53.0 Å². The zero-order valence-corrected chi connectivity index (χ0v) is 16.6.